The van der Waals surface area contributed by atoms with Crippen molar-refractivity contribution in [3.63, 3.8) is 0 Å². The minimum absolute atomic E-state index is 0.0657. The fraction of sp³-hybridized carbons (Fsp3) is 0.222. The quantitative estimate of drug-likeness (QED) is 0.624. The smallest absolute Gasteiger partial charge is 0.486 e. The van der Waals surface area contributed by atoms with Crippen molar-refractivity contribution in [2.45, 2.75) is 6.92 Å². The molecular weight excluding hydrogens is 183 g/mol. The summed E-state index contributed by atoms with van der Waals surface area (Å²) in [4.78, 5) is 10.6. The van der Waals surface area contributed by atoms with Gasteiger partial charge in [-0.3, -0.25) is 4.79 Å². The second-order valence-corrected chi connectivity index (χ2v) is 2.90. The van der Waals surface area contributed by atoms with Gasteiger partial charge in [0.2, 0.25) is 0 Å². The average molecular weight is 194 g/mol. The summed E-state index contributed by atoms with van der Waals surface area (Å²) in [7, 11) is -1.59. The zero-order chi connectivity index (χ0) is 10.6. The van der Waals surface area contributed by atoms with Gasteiger partial charge in [0.05, 0.1) is 0 Å². The van der Waals surface area contributed by atoms with E-state index < -0.39 is 7.12 Å². The summed E-state index contributed by atoms with van der Waals surface area (Å²) < 4.78 is 5.09. The lowest BCUT2D eigenvalue weighted by Gasteiger charge is -2.08. The minimum atomic E-state index is -1.59. The number of Topliss-reactive ketones (excluding diaryl/α,β-unsaturated/α-hetero) is 1. The molecule has 0 aliphatic carbocycles. The summed E-state index contributed by atoms with van der Waals surface area (Å²) >= 11 is 0. The molecule has 5 heteroatoms. The summed E-state index contributed by atoms with van der Waals surface area (Å²) in [6.07, 6.45) is 0. The maximum absolute atomic E-state index is 10.6. The Labute approximate surface area is 82.3 Å². The molecule has 0 aliphatic heterocycles. The topological polar surface area (TPSA) is 66.8 Å². The van der Waals surface area contributed by atoms with Gasteiger partial charge in [-0.15, -0.1) is 0 Å². The highest BCUT2D eigenvalue weighted by atomic mass is 16.5. The van der Waals surface area contributed by atoms with Crippen LogP contribution in [0.4, 0.5) is 0 Å². The normalized spacial score (nSPS) is 9.64. The van der Waals surface area contributed by atoms with Crippen LogP contribution in [0.25, 0.3) is 0 Å². The standard InChI is InChI=1S/C9H11BO4/c1-7(11)6-14-9-5-3-2-4-8(9)10(12)13/h2-5,12-13H,6H2,1H3. The number of benzene rings is 1. The summed E-state index contributed by atoms with van der Waals surface area (Å²) in [5, 5.41) is 17.9. The van der Waals surface area contributed by atoms with E-state index in [2.05, 4.69) is 0 Å². The van der Waals surface area contributed by atoms with Crippen molar-refractivity contribution >= 4 is 18.4 Å². The lowest BCUT2D eigenvalue weighted by Crippen LogP contribution is -2.31. The molecule has 0 radical (unpaired) electrons. The second kappa shape index (κ2) is 4.78. The van der Waals surface area contributed by atoms with E-state index in [1.165, 1.54) is 13.0 Å². The zero-order valence-electron chi connectivity index (χ0n) is 7.80. The molecule has 1 aromatic rings. The van der Waals surface area contributed by atoms with E-state index in [9.17, 15) is 4.79 Å². The fourth-order valence-electron chi connectivity index (χ4n) is 1.00. The van der Waals surface area contributed by atoms with Crippen molar-refractivity contribution in [3.8, 4) is 5.75 Å². The van der Waals surface area contributed by atoms with Gasteiger partial charge in [0.1, 0.15) is 12.4 Å². The van der Waals surface area contributed by atoms with Gasteiger partial charge in [0.25, 0.3) is 0 Å². The predicted molar refractivity (Wildman–Crippen MR) is 52.4 cm³/mol. The van der Waals surface area contributed by atoms with Crippen molar-refractivity contribution in [1.29, 1.82) is 0 Å². The van der Waals surface area contributed by atoms with Crippen LogP contribution in [0, 0.1) is 0 Å². The highest BCUT2D eigenvalue weighted by Crippen LogP contribution is 2.06. The van der Waals surface area contributed by atoms with Crippen molar-refractivity contribution in [2.24, 2.45) is 0 Å². The van der Waals surface area contributed by atoms with Crippen molar-refractivity contribution in [1.82, 2.24) is 0 Å². The molecule has 0 unspecified atom stereocenters. The number of rotatable bonds is 4. The van der Waals surface area contributed by atoms with Crippen LogP contribution in [0.15, 0.2) is 24.3 Å². The average Bonchev–Trinajstić information content (AvgIpc) is 2.15. The third kappa shape index (κ3) is 2.87. The first-order valence-corrected chi connectivity index (χ1v) is 4.18. The molecule has 0 heterocycles. The molecule has 1 rings (SSSR count). The number of ketones is 1. The molecule has 2 N–H and O–H groups in total. The van der Waals surface area contributed by atoms with Crippen LogP contribution < -0.4 is 10.2 Å². The number of para-hydroxylation sites is 1. The van der Waals surface area contributed by atoms with Crippen LogP contribution >= 0.6 is 0 Å². The number of carbonyl (C=O) groups is 1. The Kier molecular flexibility index (Phi) is 3.68. The molecule has 0 fully saturated rings. The van der Waals surface area contributed by atoms with E-state index in [1.807, 2.05) is 0 Å². The van der Waals surface area contributed by atoms with Gasteiger partial charge in [0, 0.05) is 5.46 Å². The molecule has 0 aromatic heterocycles. The molecule has 0 aliphatic rings. The SMILES string of the molecule is CC(=O)COc1ccccc1B(O)O. The molecule has 0 spiro atoms. The van der Waals surface area contributed by atoms with Crippen molar-refractivity contribution < 1.29 is 19.6 Å². The Morgan fingerprint density at radius 1 is 1.43 bits per heavy atom. The van der Waals surface area contributed by atoms with Crippen LogP contribution in [-0.2, 0) is 4.79 Å². The molecule has 74 valence electrons. The molecule has 0 atom stereocenters. The summed E-state index contributed by atoms with van der Waals surface area (Å²) in [6.45, 7) is 1.34. The van der Waals surface area contributed by atoms with E-state index in [1.54, 1.807) is 18.2 Å². The first-order chi connectivity index (χ1) is 6.61. The molecule has 14 heavy (non-hydrogen) atoms. The van der Waals surface area contributed by atoms with E-state index in [4.69, 9.17) is 14.8 Å². The Bertz CT molecular complexity index is 324. The molecule has 1 aromatic carbocycles. The van der Waals surface area contributed by atoms with E-state index in [0.717, 1.165) is 0 Å². The summed E-state index contributed by atoms with van der Waals surface area (Å²) in [5.41, 5.74) is 0.258. The van der Waals surface area contributed by atoms with Gasteiger partial charge >= 0.3 is 7.12 Å². The van der Waals surface area contributed by atoms with Crippen LogP contribution in [0.2, 0.25) is 0 Å². The van der Waals surface area contributed by atoms with Crippen LogP contribution in [-0.4, -0.2) is 29.6 Å². The monoisotopic (exact) mass is 194 g/mol. The molecule has 0 bridgehead atoms. The number of carbonyl (C=O) groups excluding carboxylic acids is 1. The Morgan fingerprint density at radius 3 is 2.64 bits per heavy atom. The van der Waals surface area contributed by atoms with Gasteiger partial charge in [-0.05, 0) is 13.0 Å². The summed E-state index contributed by atoms with van der Waals surface area (Å²) in [5.74, 6) is 0.199. The highest BCUT2D eigenvalue weighted by molar-refractivity contribution is 6.59. The minimum Gasteiger partial charge on any atom is -0.486 e. The molecule has 0 saturated heterocycles. The van der Waals surface area contributed by atoms with Gasteiger partial charge in [-0.1, -0.05) is 18.2 Å². The predicted octanol–water partition coefficient (Wildman–Crippen LogP) is -0.666. The lowest BCUT2D eigenvalue weighted by atomic mass is 9.79. The second-order valence-electron chi connectivity index (χ2n) is 2.90. The van der Waals surface area contributed by atoms with E-state index >= 15 is 0 Å². The lowest BCUT2D eigenvalue weighted by molar-refractivity contribution is -0.118. The maximum Gasteiger partial charge on any atom is 0.492 e. The first-order valence-electron chi connectivity index (χ1n) is 4.18. The Morgan fingerprint density at radius 2 is 2.07 bits per heavy atom. The number of hydrogen-bond donors (Lipinski definition) is 2. The third-order valence-corrected chi connectivity index (χ3v) is 1.63. The van der Waals surface area contributed by atoms with Gasteiger partial charge < -0.3 is 14.8 Å². The van der Waals surface area contributed by atoms with Gasteiger partial charge in [0.15, 0.2) is 5.78 Å². The van der Waals surface area contributed by atoms with Crippen LogP contribution in [0.1, 0.15) is 6.92 Å². The highest BCUT2D eigenvalue weighted by Gasteiger charge is 2.16. The maximum atomic E-state index is 10.6. The van der Waals surface area contributed by atoms with Crippen molar-refractivity contribution in [3.05, 3.63) is 24.3 Å². The molecule has 4 nitrogen and oxygen atoms in total. The van der Waals surface area contributed by atoms with E-state index in [0.29, 0.717) is 5.75 Å². The Balaban J connectivity index is 2.79. The van der Waals surface area contributed by atoms with Crippen molar-refractivity contribution in [2.75, 3.05) is 6.61 Å². The number of ether oxygens (including phenoxy) is 1. The van der Waals surface area contributed by atoms with Crippen LogP contribution in [0.3, 0.4) is 0 Å². The molecular formula is C9H11BO4. The van der Waals surface area contributed by atoms with Gasteiger partial charge in [-0.2, -0.15) is 0 Å². The third-order valence-electron chi connectivity index (χ3n) is 1.63. The van der Waals surface area contributed by atoms with Gasteiger partial charge in [-0.25, -0.2) is 0 Å². The first kappa shape index (κ1) is 10.8. The zero-order valence-corrected chi connectivity index (χ0v) is 7.80. The molecule has 0 saturated carbocycles. The largest absolute Gasteiger partial charge is 0.492 e. The van der Waals surface area contributed by atoms with E-state index in [-0.39, 0.29) is 17.9 Å². The number of hydrogen-bond acceptors (Lipinski definition) is 4. The van der Waals surface area contributed by atoms with Crippen LogP contribution in [0.5, 0.6) is 5.75 Å². The Hall–Kier alpha value is -1.33. The summed E-state index contributed by atoms with van der Waals surface area (Å²) in [6, 6.07) is 6.47. The molecule has 0 amide bonds. The fourth-order valence-corrected chi connectivity index (χ4v) is 1.00.